The first kappa shape index (κ1) is 42.3. The Morgan fingerprint density at radius 3 is 0.710 bits per heavy atom. The van der Waals surface area contributed by atoms with Gasteiger partial charge in [-0.2, -0.15) is 0 Å². The zero-order valence-electron chi connectivity index (χ0n) is 35.0. The Morgan fingerprint density at radius 1 is 0.290 bits per heavy atom. The molecule has 0 aliphatic rings. The van der Waals surface area contributed by atoms with Gasteiger partial charge in [-0.15, -0.1) is 0 Å². The van der Waals surface area contributed by atoms with Crippen molar-refractivity contribution >= 4 is 22.7 Å². The number of ether oxygens (including phenoxy) is 4. The molecule has 62 heavy (non-hydrogen) atoms. The molecule has 0 unspecified atom stereocenters. The van der Waals surface area contributed by atoms with Crippen LogP contribution in [0.25, 0.3) is 0 Å². The van der Waals surface area contributed by atoms with Crippen LogP contribution in [-0.2, 0) is 18.3 Å². The van der Waals surface area contributed by atoms with Gasteiger partial charge in [-0.25, -0.2) is 0 Å². The molecule has 8 N–H and O–H groups in total. The van der Waals surface area contributed by atoms with E-state index >= 15 is 0 Å². The van der Waals surface area contributed by atoms with E-state index in [-0.39, 0.29) is 5.41 Å². The van der Waals surface area contributed by atoms with Crippen molar-refractivity contribution in [1.29, 1.82) is 0 Å². The number of nitrogen functional groups attached to an aromatic ring is 4. The topological polar surface area (TPSA) is 141 Å². The zero-order chi connectivity index (χ0) is 43.3. The Hall–Kier alpha value is -7.84. The summed E-state index contributed by atoms with van der Waals surface area (Å²) in [4.78, 5) is 0. The van der Waals surface area contributed by atoms with Gasteiger partial charge in [-0.3, -0.25) is 0 Å². The highest BCUT2D eigenvalue weighted by Crippen LogP contribution is 2.35. The molecule has 8 aromatic rings. The van der Waals surface area contributed by atoms with Crippen LogP contribution in [0.3, 0.4) is 0 Å². The Morgan fingerprint density at radius 2 is 0.484 bits per heavy atom. The van der Waals surface area contributed by atoms with E-state index in [4.69, 9.17) is 41.9 Å². The Balaban J connectivity index is 0.000000186. The van der Waals surface area contributed by atoms with Gasteiger partial charge in [0.15, 0.2) is 0 Å². The van der Waals surface area contributed by atoms with Gasteiger partial charge in [0, 0.05) is 28.2 Å². The Labute approximate surface area is 364 Å². The molecule has 0 saturated heterocycles. The summed E-state index contributed by atoms with van der Waals surface area (Å²) in [6, 6.07) is 62.5. The molecule has 0 saturated carbocycles. The van der Waals surface area contributed by atoms with Crippen LogP contribution in [0.2, 0.25) is 0 Å². The number of hydrogen-bond donors (Lipinski definition) is 4. The fraction of sp³-hybridized carbons (Fsp3) is 0.111. The largest absolute Gasteiger partial charge is 0.457 e. The average Bonchev–Trinajstić information content (AvgIpc) is 3.29. The average molecular weight is 821 g/mol. The fourth-order valence-corrected chi connectivity index (χ4v) is 6.68. The first-order valence-corrected chi connectivity index (χ1v) is 20.6. The van der Waals surface area contributed by atoms with Crippen molar-refractivity contribution in [3.8, 4) is 46.0 Å². The number of anilines is 4. The molecule has 0 radical (unpaired) electrons. The Kier molecular flexibility index (Phi) is 13.6. The van der Waals surface area contributed by atoms with Crippen molar-refractivity contribution in [2.45, 2.75) is 38.5 Å². The number of rotatable bonds is 14. The molecule has 312 valence electrons. The van der Waals surface area contributed by atoms with E-state index < -0.39 is 0 Å². The molecule has 0 heterocycles. The van der Waals surface area contributed by atoms with Gasteiger partial charge >= 0.3 is 0 Å². The number of aryl methyl sites for hydroxylation is 2. The highest BCUT2D eigenvalue weighted by molar-refractivity contribution is 5.48. The third-order valence-corrected chi connectivity index (χ3v) is 10.4. The minimum absolute atomic E-state index is 0.167. The standard InChI is InChI=1S/2C27H26N2O2/c1-27(2,19-3-11-23(12-4-19)30-25-15-7-21(28)8-16-25)20-5-13-24(14-6-20)31-26-17-9-22(29)10-18-26;28-22-8-16-26(17-9-22)30-24-12-4-20(5-13-24)2-1-3-21-6-14-25(15-7-21)31-27-18-10-23(29)11-19-27/h3-18H,28-29H2,1-2H3;4-19H,1-3,28-29H2. The summed E-state index contributed by atoms with van der Waals surface area (Å²) < 4.78 is 23.5. The summed E-state index contributed by atoms with van der Waals surface area (Å²) in [5.41, 5.74) is 30.6. The molecule has 8 aromatic carbocycles. The molecule has 0 amide bonds. The molecule has 0 aliphatic carbocycles. The molecule has 0 aliphatic heterocycles. The smallest absolute Gasteiger partial charge is 0.127 e. The number of benzene rings is 8. The van der Waals surface area contributed by atoms with Gasteiger partial charge in [-0.05, 0) is 187 Å². The van der Waals surface area contributed by atoms with Crippen molar-refractivity contribution in [2.75, 3.05) is 22.9 Å². The van der Waals surface area contributed by atoms with E-state index in [0.717, 1.165) is 76.6 Å². The monoisotopic (exact) mass is 820 g/mol. The van der Waals surface area contributed by atoms with Crippen molar-refractivity contribution < 1.29 is 18.9 Å². The maximum absolute atomic E-state index is 5.91. The number of hydrogen-bond acceptors (Lipinski definition) is 8. The minimum atomic E-state index is -0.167. The van der Waals surface area contributed by atoms with E-state index in [2.05, 4.69) is 62.4 Å². The fourth-order valence-electron chi connectivity index (χ4n) is 6.68. The SMILES string of the molecule is CC(C)(c1ccc(Oc2ccc(N)cc2)cc1)c1ccc(Oc2ccc(N)cc2)cc1.Nc1ccc(Oc2ccc(CCCc3ccc(Oc4ccc(N)cc4)cc3)cc2)cc1. The van der Waals surface area contributed by atoms with Crippen LogP contribution in [0.15, 0.2) is 194 Å². The van der Waals surface area contributed by atoms with Crippen LogP contribution in [0.5, 0.6) is 46.0 Å². The highest BCUT2D eigenvalue weighted by Gasteiger charge is 2.23. The summed E-state index contributed by atoms with van der Waals surface area (Å²) in [7, 11) is 0. The summed E-state index contributed by atoms with van der Waals surface area (Å²) in [6.45, 7) is 4.41. The summed E-state index contributed by atoms with van der Waals surface area (Å²) in [5.74, 6) is 6.32. The molecule has 0 fully saturated rings. The van der Waals surface area contributed by atoms with E-state index in [1.165, 1.54) is 22.3 Å². The zero-order valence-corrected chi connectivity index (χ0v) is 35.0. The van der Waals surface area contributed by atoms with Crippen molar-refractivity contribution in [1.82, 2.24) is 0 Å². The molecule has 8 nitrogen and oxygen atoms in total. The summed E-state index contributed by atoms with van der Waals surface area (Å²) in [5, 5.41) is 0. The minimum Gasteiger partial charge on any atom is -0.457 e. The predicted molar refractivity (Wildman–Crippen MR) is 254 cm³/mol. The second kappa shape index (κ2) is 19.9. The molecule has 0 aromatic heterocycles. The molecule has 8 heteroatoms. The van der Waals surface area contributed by atoms with Crippen LogP contribution in [0, 0.1) is 0 Å². The molecular weight excluding hydrogens is 769 g/mol. The lowest BCUT2D eigenvalue weighted by Crippen LogP contribution is -2.18. The normalized spacial score (nSPS) is 10.9. The van der Waals surface area contributed by atoms with E-state index in [1.807, 2.05) is 146 Å². The molecule has 0 atom stereocenters. The summed E-state index contributed by atoms with van der Waals surface area (Å²) >= 11 is 0. The molecular formula is C54H52N4O4. The predicted octanol–water partition coefficient (Wildman–Crippen LogP) is 13.4. The lowest BCUT2D eigenvalue weighted by atomic mass is 9.78. The van der Waals surface area contributed by atoms with Gasteiger partial charge in [0.1, 0.15) is 46.0 Å². The van der Waals surface area contributed by atoms with Crippen LogP contribution >= 0.6 is 0 Å². The van der Waals surface area contributed by atoms with Crippen LogP contribution < -0.4 is 41.9 Å². The second-order valence-electron chi connectivity index (χ2n) is 15.5. The van der Waals surface area contributed by atoms with Crippen molar-refractivity contribution in [3.63, 3.8) is 0 Å². The van der Waals surface area contributed by atoms with Gasteiger partial charge in [0.2, 0.25) is 0 Å². The number of nitrogens with two attached hydrogens (primary N) is 4. The first-order valence-electron chi connectivity index (χ1n) is 20.6. The Bertz CT molecular complexity index is 2410. The third-order valence-electron chi connectivity index (χ3n) is 10.4. The van der Waals surface area contributed by atoms with E-state index in [9.17, 15) is 0 Å². The molecule has 0 bridgehead atoms. The maximum Gasteiger partial charge on any atom is 0.127 e. The molecule has 8 rings (SSSR count). The second-order valence-corrected chi connectivity index (χ2v) is 15.5. The van der Waals surface area contributed by atoms with Crippen LogP contribution in [-0.4, -0.2) is 0 Å². The maximum atomic E-state index is 5.91. The van der Waals surface area contributed by atoms with Crippen molar-refractivity contribution in [2.24, 2.45) is 0 Å². The molecule has 0 spiro atoms. The lowest BCUT2D eigenvalue weighted by Gasteiger charge is -2.26. The van der Waals surface area contributed by atoms with Crippen LogP contribution in [0.1, 0.15) is 42.5 Å². The quantitative estimate of drug-likeness (QED) is 0.0795. The lowest BCUT2D eigenvalue weighted by molar-refractivity contribution is 0.481. The third kappa shape index (κ3) is 12.1. The van der Waals surface area contributed by atoms with Gasteiger partial charge in [0.05, 0.1) is 0 Å². The summed E-state index contributed by atoms with van der Waals surface area (Å²) in [6.07, 6.45) is 3.12. The van der Waals surface area contributed by atoms with Gasteiger partial charge in [0.25, 0.3) is 0 Å². The van der Waals surface area contributed by atoms with E-state index in [1.54, 1.807) is 0 Å². The van der Waals surface area contributed by atoms with Gasteiger partial charge in [-0.1, -0.05) is 62.4 Å². The van der Waals surface area contributed by atoms with Crippen LogP contribution in [0.4, 0.5) is 22.7 Å². The highest BCUT2D eigenvalue weighted by atomic mass is 16.5. The van der Waals surface area contributed by atoms with E-state index in [0.29, 0.717) is 11.4 Å². The van der Waals surface area contributed by atoms with Crippen molar-refractivity contribution in [3.05, 3.63) is 216 Å². The first-order chi connectivity index (χ1) is 30.0. The van der Waals surface area contributed by atoms with Gasteiger partial charge < -0.3 is 41.9 Å².